The van der Waals surface area contributed by atoms with Gasteiger partial charge in [0.2, 0.25) is 5.91 Å². The number of hydrogen-bond donors (Lipinski definition) is 1. The summed E-state index contributed by atoms with van der Waals surface area (Å²) in [5, 5.41) is 14.4. The minimum Gasteiger partial charge on any atom is -0.391 e. The van der Waals surface area contributed by atoms with Crippen molar-refractivity contribution in [2.24, 2.45) is 11.3 Å². The highest BCUT2D eigenvalue weighted by molar-refractivity contribution is 7.07. The fourth-order valence-corrected chi connectivity index (χ4v) is 3.72. The minimum atomic E-state index is -0.395. The Balaban J connectivity index is 1.84. The standard InChI is InChI=1S/C16H25NO2S/c1-16(2,3)13-6-8-17(10-14(13)18)15(19)5-4-12-7-9-20-11-12/h7,9,11,13-14,18H,4-6,8,10H2,1-3H3/t13-,14+/m1/s1. The number of thiophene rings is 1. The molecule has 0 bridgehead atoms. The van der Waals surface area contributed by atoms with Gasteiger partial charge in [-0.15, -0.1) is 0 Å². The van der Waals surface area contributed by atoms with Gasteiger partial charge in [-0.2, -0.15) is 11.3 Å². The smallest absolute Gasteiger partial charge is 0.222 e. The van der Waals surface area contributed by atoms with Crippen LogP contribution in [0.25, 0.3) is 0 Å². The molecule has 1 fully saturated rings. The monoisotopic (exact) mass is 295 g/mol. The lowest BCUT2D eigenvalue weighted by atomic mass is 9.73. The number of carbonyl (C=O) groups excluding carboxylic acids is 1. The molecule has 3 nitrogen and oxygen atoms in total. The summed E-state index contributed by atoms with van der Waals surface area (Å²) < 4.78 is 0. The van der Waals surface area contributed by atoms with Gasteiger partial charge in [0.1, 0.15) is 0 Å². The maximum Gasteiger partial charge on any atom is 0.222 e. The van der Waals surface area contributed by atoms with Crippen molar-refractivity contribution >= 4 is 17.2 Å². The van der Waals surface area contributed by atoms with Crippen molar-refractivity contribution in [3.05, 3.63) is 22.4 Å². The highest BCUT2D eigenvalue weighted by Crippen LogP contribution is 2.34. The van der Waals surface area contributed by atoms with Gasteiger partial charge in [0.05, 0.1) is 6.10 Å². The van der Waals surface area contributed by atoms with Gasteiger partial charge in [-0.1, -0.05) is 20.8 Å². The van der Waals surface area contributed by atoms with Crippen molar-refractivity contribution in [1.82, 2.24) is 4.90 Å². The average Bonchev–Trinajstić information content (AvgIpc) is 2.87. The number of carbonyl (C=O) groups is 1. The molecule has 2 rings (SSSR count). The number of nitrogens with zero attached hydrogens (tertiary/aromatic N) is 1. The van der Waals surface area contributed by atoms with Crippen molar-refractivity contribution in [3.8, 4) is 0 Å². The molecule has 4 heteroatoms. The summed E-state index contributed by atoms with van der Waals surface area (Å²) in [6.07, 6.45) is 1.85. The van der Waals surface area contributed by atoms with Gasteiger partial charge in [-0.05, 0) is 46.6 Å². The van der Waals surface area contributed by atoms with Gasteiger partial charge < -0.3 is 10.0 Å². The van der Waals surface area contributed by atoms with Crippen LogP contribution in [0.2, 0.25) is 0 Å². The van der Waals surface area contributed by atoms with E-state index in [1.54, 1.807) is 11.3 Å². The first-order valence-corrected chi connectivity index (χ1v) is 8.29. The summed E-state index contributed by atoms with van der Waals surface area (Å²) >= 11 is 1.67. The molecule has 1 amide bonds. The first-order chi connectivity index (χ1) is 9.38. The van der Waals surface area contributed by atoms with Crippen molar-refractivity contribution < 1.29 is 9.90 Å². The molecule has 1 N–H and O–H groups in total. The maximum atomic E-state index is 12.2. The number of aryl methyl sites for hydroxylation is 1. The Bertz CT molecular complexity index is 436. The lowest BCUT2D eigenvalue weighted by Gasteiger charge is -2.42. The molecule has 1 saturated heterocycles. The highest BCUT2D eigenvalue weighted by Gasteiger charge is 2.36. The van der Waals surface area contributed by atoms with Crippen LogP contribution in [0.3, 0.4) is 0 Å². The van der Waals surface area contributed by atoms with Gasteiger partial charge in [0.15, 0.2) is 0 Å². The molecule has 0 spiro atoms. The van der Waals surface area contributed by atoms with Crippen LogP contribution in [0.15, 0.2) is 16.8 Å². The van der Waals surface area contributed by atoms with E-state index in [2.05, 4.69) is 32.2 Å². The quantitative estimate of drug-likeness (QED) is 0.931. The molecule has 0 aromatic carbocycles. The molecule has 1 aliphatic rings. The van der Waals surface area contributed by atoms with Gasteiger partial charge in [0.25, 0.3) is 0 Å². The van der Waals surface area contributed by atoms with Crippen LogP contribution in [-0.2, 0) is 11.2 Å². The minimum absolute atomic E-state index is 0.102. The molecule has 0 saturated carbocycles. The van der Waals surface area contributed by atoms with Gasteiger partial charge in [-0.3, -0.25) is 4.79 Å². The molecule has 112 valence electrons. The zero-order valence-electron chi connectivity index (χ0n) is 12.6. The summed E-state index contributed by atoms with van der Waals surface area (Å²) in [6, 6.07) is 2.07. The first kappa shape index (κ1) is 15.5. The van der Waals surface area contributed by atoms with Crippen molar-refractivity contribution in [3.63, 3.8) is 0 Å². The van der Waals surface area contributed by atoms with E-state index in [4.69, 9.17) is 0 Å². The molecule has 2 atom stereocenters. The fourth-order valence-electron chi connectivity index (χ4n) is 3.01. The maximum absolute atomic E-state index is 12.2. The van der Waals surface area contributed by atoms with Crippen LogP contribution in [0.1, 0.15) is 39.2 Å². The first-order valence-electron chi connectivity index (χ1n) is 7.35. The summed E-state index contributed by atoms with van der Waals surface area (Å²) in [5.74, 6) is 0.450. The lowest BCUT2D eigenvalue weighted by Crippen LogP contribution is -2.50. The molecule has 20 heavy (non-hydrogen) atoms. The molecular weight excluding hydrogens is 270 g/mol. The molecule has 0 unspecified atom stereocenters. The van der Waals surface area contributed by atoms with E-state index in [0.717, 1.165) is 19.4 Å². The zero-order valence-corrected chi connectivity index (χ0v) is 13.4. The Hall–Kier alpha value is -0.870. The van der Waals surface area contributed by atoms with E-state index >= 15 is 0 Å². The molecule has 1 aliphatic heterocycles. The van der Waals surface area contributed by atoms with E-state index in [-0.39, 0.29) is 17.2 Å². The van der Waals surface area contributed by atoms with E-state index in [9.17, 15) is 9.90 Å². The van der Waals surface area contributed by atoms with Crippen LogP contribution < -0.4 is 0 Å². The molecule has 0 aliphatic carbocycles. The van der Waals surface area contributed by atoms with Crippen LogP contribution >= 0.6 is 11.3 Å². The number of β-amino-alcohol motifs (C(OH)–C–C–N with tert-alkyl or cyclic N) is 1. The Labute approximate surface area is 125 Å². The van der Waals surface area contributed by atoms with E-state index in [0.29, 0.717) is 13.0 Å². The van der Waals surface area contributed by atoms with Crippen molar-refractivity contribution in [1.29, 1.82) is 0 Å². The SMILES string of the molecule is CC(C)(C)[C@@H]1CCN(C(=O)CCc2ccsc2)C[C@@H]1O. The number of likely N-dealkylation sites (tertiary alicyclic amines) is 1. The number of rotatable bonds is 3. The van der Waals surface area contributed by atoms with Gasteiger partial charge in [0, 0.05) is 19.5 Å². The normalized spacial score (nSPS) is 23.9. The van der Waals surface area contributed by atoms with E-state index < -0.39 is 6.10 Å². The Morgan fingerprint density at radius 3 is 2.80 bits per heavy atom. The number of amides is 1. The molecule has 1 aromatic heterocycles. The third-order valence-corrected chi connectivity index (χ3v) is 4.99. The second kappa shape index (κ2) is 6.27. The molecule has 1 aromatic rings. The summed E-state index contributed by atoms with van der Waals surface area (Å²) in [4.78, 5) is 14.0. The molecular formula is C16H25NO2S. The van der Waals surface area contributed by atoms with Crippen LogP contribution in [-0.4, -0.2) is 35.1 Å². The largest absolute Gasteiger partial charge is 0.391 e. The average molecular weight is 295 g/mol. The summed E-state index contributed by atoms with van der Waals surface area (Å²) in [7, 11) is 0. The number of hydrogen-bond acceptors (Lipinski definition) is 3. The van der Waals surface area contributed by atoms with Crippen LogP contribution in [0.4, 0.5) is 0 Å². The highest BCUT2D eigenvalue weighted by atomic mass is 32.1. The fraction of sp³-hybridized carbons (Fsp3) is 0.688. The van der Waals surface area contributed by atoms with Gasteiger partial charge >= 0.3 is 0 Å². The Kier molecular flexibility index (Phi) is 4.86. The van der Waals surface area contributed by atoms with Crippen LogP contribution in [0.5, 0.6) is 0 Å². The van der Waals surface area contributed by atoms with Crippen LogP contribution in [0, 0.1) is 11.3 Å². The lowest BCUT2D eigenvalue weighted by molar-refractivity contribution is -0.137. The third kappa shape index (κ3) is 3.83. The number of aliphatic hydroxyl groups excluding tert-OH is 1. The topological polar surface area (TPSA) is 40.5 Å². The zero-order chi connectivity index (χ0) is 14.8. The Morgan fingerprint density at radius 2 is 2.25 bits per heavy atom. The molecule has 0 radical (unpaired) electrons. The number of aliphatic hydroxyl groups is 1. The van der Waals surface area contributed by atoms with Gasteiger partial charge in [-0.25, -0.2) is 0 Å². The second-order valence-corrected chi connectivity index (χ2v) is 7.58. The predicted octanol–water partition coefficient (Wildman–Crippen LogP) is 2.94. The van der Waals surface area contributed by atoms with Crippen molar-refractivity contribution in [2.45, 2.75) is 46.1 Å². The predicted molar refractivity (Wildman–Crippen MR) is 82.8 cm³/mol. The summed E-state index contributed by atoms with van der Waals surface area (Å²) in [6.45, 7) is 7.75. The summed E-state index contributed by atoms with van der Waals surface area (Å²) in [5.41, 5.74) is 1.33. The number of piperidine rings is 1. The molecule has 2 heterocycles. The van der Waals surface area contributed by atoms with E-state index in [1.165, 1.54) is 5.56 Å². The second-order valence-electron chi connectivity index (χ2n) is 6.80. The Morgan fingerprint density at radius 1 is 1.50 bits per heavy atom. The van der Waals surface area contributed by atoms with E-state index in [1.807, 2.05) is 10.3 Å². The third-order valence-electron chi connectivity index (χ3n) is 4.25. The van der Waals surface area contributed by atoms with Crippen molar-refractivity contribution in [2.75, 3.05) is 13.1 Å².